The van der Waals surface area contributed by atoms with Crippen molar-refractivity contribution in [2.24, 2.45) is 5.73 Å². The number of rotatable bonds is 3. The molecular weight excluding hydrogens is 258 g/mol. The number of nitrogens with zero attached hydrogens (tertiary/aromatic N) is 3. The van der Waals surface area contributed by atoms with Gasteiger partial charge in [0, 0.05) is 19.3 Å². The third-order valence-corrected chi connectivity index (χ3v) is 3.67. The van der Waals surface area contributed by atoms with Crippen molar-refractivity contribution in [3.05, 3.63) is 11.9 Å². The fourth-order valence-corrected chi connectivity index (χ4v) is 2.46. The Balaban J connectivity index is 2.13. The molecule has 110 valence electrons. The Morgan fingerprint density at radius 3 is 2.35 bits per heavy atom. The second-order valence-electron chi connectivity index (χ2n) is 5.19. The third-order valence-electron chi connectivity index (χ3n) is 3.67. The molecule has 1 saturated heterocycles. The molecule has 20 heavy (non-hydrogen) atoms. The zero-order valence-corrected chi connectivity index (χ0v) is 11.7. The number of amides is 2. The number of primary amides is 1. The molecule has 0 radical (unpaired) electrons. The average molecular weight is 279 g/mol. The second-order valence-corrected chi connectivity index (χ2v) is 5.19. The largest absolute Gasteiger partial charge is 0.396 e. The van der Waals surface area contributed by atoms with Gasteiger partial charge in [-0.15, -0.1) is 0 Å². The van der Waals surface area contributed by atoms with Crippen LogP contribution < -0.4 is 11.5 Å². The minimum absolute atomic E-state index is 0.00502. The molecule has 4 N–H and O–H groups in total. The molecule has 1 unspecified atom stereocenters. The third kappa shape index (κ3) is 2.92. The summed E-state index contributed by atoms with van der Waals surface area (Å²) >= 11 is 0. The van der Waals surface area contributed by atoms with E-state index in [-0.39, 0.29) is 17.3 Å². The Hall–Kier alpha value is -2.05. The second kappa shape index (κ2) is 5.94. The molecule has 1 aromatic rings. The summed E-state index contributed by atoms with van der Waals surface area (Å²) in [6.07, 6.45) is 5.89. The van der Waals surface area contributed by atoms with E-state index in [4.69, 9.17) is 11.5 Å². The summed E-state index contributed by atoms with van der Waals surface area (Å²) in [6, 6.07) is -0.483. The van der Waals surface area contributed by atoms with E-state index < -0.39 is 11.9 Å². The summed E-state index contributed by atoms with van der Waals surface area (Å²) in [5, 5.41) is 4.02. The fourth-order valence-electron chi connectivity index (χ4n) is 2.46. The van der Waals surface area contributed by atoms with Crippen molar-refractivity contribution >= 4 is 17.5 Å². The predicted molar refractivity (Wildman–Crippen MR) is 74.9 cm³/mol. The van der Waals surface area contributed by atoms with Crippen LogP contribution in [0.5, 0.6) is 0 Å². The highest BCUT2D eigenvalue weighted by molar-refractivity contribution is 5.95. The topological polar surface area (TPSA) is 107 Å². The van der Waals surface area contributed by atoms with E-state index in [0.717, 1.165) is 25.9 Å². The van der Waals surface area contributed by atoms with Crippen molar-refractivity contribution in [2.45, 2.75) is 38.6 Å². The monoisotopic (exact) mass is 279 g/mol. The van der Waals surface area contributed by atoms with E-state index in [0.29, 0.717) is 0 Å². The smallest absolute Gasteiger partial charge is 0.271 e. The summed E-state index contributed by atoms with van der Waals surface area (Å²) in [5.41, 5.74) is 11.1. The Morgan fingerprint density at radius 2 is 1.85 bits per heavy atom. The summed E-state index contributed by atoms with van der Waals surface area (Å²) in [4.78, 5) is 25.5. The van der Waals surface area contributed by atoms with E-state index in [1.54, 1.807) is 6.92 Å². The molecule has 0 aliphatic carbocycles. The van der Waals surface area contributed by atoms with Crippen LogP contribution in [0, 0.1) is 0 Å². The number of aromatic nitrogens is 2. The first-order valence-corrected chi connectivity index (χ1v) is 6.94. The SMILES string of the molecule is CC(C(=O)N1CCCCCC1)n1cc(N)c(C(N)=O)n1. The van der Waals surface area contributed by atoms with Crippen LogP contribution in [-0.4, -0.2) is 39.6 Å². The lowest BCUT2D eigenvalue weighted by Crippen LogP contribution is -2.37. The van der Waals surface area contributed by atoms with Crippen molar-refractivity contribution in [3.63, 3.8) is 0 Å². The van der Waals surface area contributed by atoms with Crippen molar-refractivity contribution in [2.75, 3.05) is 18.8 Å². The molecule has 7 heteroatoms. The summed E-state index contributed by atoms with van der Waals surface area (Å²) in [7, 11) is 0. The van der Waals surface area contributed by atoms with Gasteiger partial charge in [0.05, 0.1) is 5.69 Å². The van der Waals surface area contributed by atoms with Gasteiger partial charge in [0.15, 0.2) is 5.69 Å². The lowest BCUT2D eigenvalue weighted by Gasteiger charge is -2.24. The quantitative estimate of drug-likeness (QED) is 0.841. The number of carbonyl (C=O) groups is 2. The molecule has 1 atom stereocenters. The summed E-state index contributed by atoms with van der Waals surface area (Å²) in [6.45, 7) is 3.32. The summed E-state index contributed by atoms with van der Waals surface area (Å²) < 4.78 is 1.42. The number of hydrogen-bond donors (Lipinski definition) is 2. The van der Waals surface area contributed by atoms with Crippen LogP contribution >= 0.6 is 0 Å². The van der Waals surface area contributed by atoms with Gasteiger partial charge in [-0.3, -0.25) is 14.3 Å². The first-order chi connectivity index (χ1) is 9.50. The fraction of sp³-hybridized carbons (Fsp3) is 0.615. The zero-order chi connectivity index (χ0) is 14.7. The highest BCUT2D eigenvalue weighted by Crippen LogP contribution is 2.18. The normalized spacial score (nSPS) is 17.6. The minimum Gasteiger partial charge on any atom is -0.396 e. The van der Waals surface area contributed by atoms with E-state index in [9.17, 15) is 9.59 Å². The molecule has 7 nitrogen and oxygen atoms in total. The van der Waals surface area contributed by atoms with Gasteiger partial charge in [-0.05, 0) is 19.8 Å². The number of hydrogen-bond acceptors (Lipinski definition) is 4. The molecule has 1 aromatic heterocycles. The zero-order valence-electron chi connectivity index (χ0n) is 11.7. The van der Waals surface area contributed by atoms with Crippen LogP contribution in [0.25, 0.3) is 0 Å². The van der Waals surface area contributed by atoms with E-state index in [2.05, 4.69) is 5.10 Å². The molecule has 2 heterocycles. The molecular formula is C13H21N5O2. The van der Waals surface area contributed by atoms with E-state index >= 15 is 0 Å². The number of carbonyl (C=O) groups excluding carboxylic acids is 2. The molecule has 1 aliphatic heterocycles. The molecule has 0 spiro atoms. The van der Waals surface area contributed by atoms with Crippen LogP contribution in [0.15, 0.2) is 6.20 Å². The lowest BCUT2D eigenvalue weighted by atomic mass is 10.2. The molecule has 1 fully saturated rings. The standard InChI is InChI=1S/C13H21N5O2/c1-9(13(20)17-6-4-2-3-5-7-17)18-8-10(14)11(16-18)12(15)19/h8-9H,2-7,14H2,1H3,(H2,15,19). The number of nitrogen functional groups attached to an aromatic ring is 1. The average Bonchev–Trinajstić information content (AvgIpc) is 2.64. The number of anilines is 1. The molecule has 0 bridgehead atoms. The van der Waals surface area contributed by atoms with Crippen LogP contribution in [0.2, 0.25) is 0 Å². The van der Waals surface area contributed by atoms with Crippen molar-refractivity contribution in [1.29, 1.82) is 0 Å². The van der Waals surface area contributed by atoms with Crippen LogP contribution in [0.4, 0.5) is 5.69 Å². The van der Waals surface area contributed by atoms with Crippen LogP contribution in [0.1, 0.15) is 49.1 Å². The van der Waals surface area contributed by atoms with Gasteiger partial charge in [0.25, 0.3) is 5.91 Å². The van der Waals surface area contributed by atoms with E-state index in [1.807, 2.05) is 4.90 Å². The number of likely N-dealkylation sites (tertiary alicyclic amines) is 1. The van der Waals surface area contributed by atoms with Gasteiger partial charge in [-0.2, -0.15) is 5.10 Å². The maximum absolute atomic E-state index is 12.4. The number of nitrogens with two attached hydrogens (primary N) is 2. The Kier molecular flexibility index (Phi) is 4.26. The van der Waals surface area contributed by atoms with Gasteiger partial charge in [-0.25, -0.2) is 0 Å². The minimum atomic E-state index is -0.685. The van der Waals surface area contributed by atoms with Crippen molar-refractivity contribution in [3.8, 4) is 0 Å². The summed E-state index contributed by atoms with van der Waals surface area (Å²) in [5.74, 6) is -0.680. The lowest BCUT2D eigenvalue weighted by molar-refractivity contribution is -0.134. The van der Waals surface area contributed by atoms with Crippen molar-refractivity contribution in [1.82, 2.24) is 14.7 Å². The first kappa shape index (κ1) is 14.4. The molecule has 0 aromatic carbocycles. The maximum Gasteiger partial charge on any atom is 0.271 e. The predicted octanol–water partition coefficient (Wildman–Crippen LogP) is 0.528. The highest BCUT2D eigenvalue weighted by Gasteiger charge is 2.24. The molecule has 0 saturated carbocycles. The van der Waals surface area contributed by atoms with Gasteiger partial charge in [-0.1, -0.05) is 12.8 Å². The van der Waals surface area contributed by atoms with Crippen LogP contribution in [0.3, 0.4) is 0 Å². The Bertz CT molecular complexity index is 503. The molecule has 1 aliphatic rings. The van der Waals surface area contributed by atoms with Crippen molar-refractivity contribution < 1.29 is 9.59 Å². The Labute approximate surface area is 117 Å². The van der Waals surface area contributed by atoms with Gasteiger partial charge < -0.3 is 16.4 Å². The van der Waals surface area contributed by atoms with Gasteiger partial charge >= 0.3 is 0 Å². The maximum atomic E-state index is 12.4. The highest BCUT2D eigenvalue weighted by atomic mass is 16.2. The van der Waals surface area contributed by atoms with E-state index in [1.165, 1.54) is 23.7 Å². The van der Waals surface area contributed by atoms with Gasteiger partial charge in [0.1, 0.15) is 6.04 Å². The van der Waals surface area contributed by atoms with Gasteiger partial charge in [0.2, 0.25) is 5.91 Å². The molecule has 2 rings (SSSR count). The first-order valence-electron chi connectivity index (χ1n) is 6.94. The Morgan fingerprint density at radius 1 is 1.25 bits per heavy atom. The molecule has 2 amide bonds. The van der Waals surface area contributed by atoms with Crippen LogP contribution in [-0.2, 0) is 4.79 Å².